The molecule has 84 valence electrons. The molecule has 1 aromatic heterocycles. The summed E-state index contributed by atoms with van der Waals surface area (Å²) in [5.41, 5.74) is 7.40. The Morgan fingerprint density at radius 2 is 2.06 bits per heavy atom. The number of ether oxygens (including phenoxy) is 1. The maximum absolute atomic E-state index is 5.52. The number of benzene rings is 1. The lowest BCUT2D eigenvalue weighted by atomic mass is 10.2. The fraction of sp³-hybridized carbons (Fsp3) is 0.182. The molecule has 2 rings (SSSR count). The molecule has 2 aromatic rings. The summed E-state index contributed by atoms with van der Waals surface area (Å²) in [6.45, 7) is 0.398. The van der Waals surface area contributed by atoms with E-state index < -0.39 is 0 Å². The highest BCUT2D eigenvalue weighted by Crippen LogP contribution is 2.27. The first-order chi connectivity index (χ1) is 7.74. The van der Waals surface area contributed by atoms with Crippen LogP contribution in [0.2, 0.25) is 0 Å². The lowest BCUT2D eigenvalue weighted by molar-refractivity contribution is 0.415. The van der Waals surface area contributed by atoms with Crippen molar-refractivity contribution in [2.24, 2.45) is 5.73 Å². The maximum atomic E-state index is 5.52. The molecule has 1 aromatic carbocycles. The van der Waals surface area contributed by atoms with Gasteiger partial charge in [0.2, 0.25) is 0 Å². The van der Waals surface area contributed by atoms with Gasteiger partial charge in [-0.15, -0.1) is 0 Å². The van der Waals surface area contributed by atoms with Crippen molar-refractivity contribution in [1.29, 1.82) is 0 Å². The van der Waals surface area contributed by atoms with E-state index in [0.717, 1.165) is 27.4 Å². The molecular formula is C11H12BrN3O. The van der Waals surface area contributed by atoms with E-state index in [1.54, 1.807) is 7.11 Å². The molecular weight excluding hydrogens is 270 g/mol. The normalized spacial score (nSPS) is 10.4. The number of nitrogens with two attached hydrogens (primary N) is 1. The van der Waals surface area contributed by atoms with E-state index in [-0.39, 0.29) is 0 Å². The Morgan fingerprint density at radius 3 is 2.56 bits per heavy atom. The topological polar surface area (TPSA) is 63.9 Å². The molecule has 5 heteroatoms. The zero-order valence-corrected chi connectivity index (χ0v) is 10.4. The van der Waals surface area contributed by atoms with Gasteiger partial charge in [0.25, 0.3) is 0 Å². The van der Waals surface area contributed by atoms with Gasteiger partial charge in [0.1, 0.15) is 21.9 Å². The van der Waals surface area contributed by atoms with E-state index in [1.165, 1.54) is 0 Å². The van der Waals surface area contributed by atoms with Gasteiger partial charge in [-0.25, -0.2) is 4.98 Å². The lowest BCUT2D eigenvalue weighted by Crippen LogP contribution is -1.97. The first kappa shape index (κ1) is 11.2. The number of aromatic nitrogens is 2. The zero-order valence-electron chi connectivity index (χ0n) is 8.83. The number of imidazole rings is 1. The molecule has 0 aliphatic carbocycles. The van der Waals surface area contributed by atoms with Crippen LogP contribution in [-0.2, 0) is 6.54 Å². The third-order valence-corrected chi connectivity index (χ3v) is 2.84. The van der Waals surface area contributed by atoms with Gasteiger partial charge in [-0.2, -0.15) is 0 Å². The van der Waals surface area contributed by atoms with E-state index in [9.17, 15) is 0 Å². The summed E-state index contributed by atoms with van der Waals surface area (Å²) in [5.74, 6) is 1.59. The van der Waals surface area contributed by atoms with Crippen molar-refractivity contribution in [1.82, 2.24) is 9.97 Å². The highest BCUT2D eigenvalue weighted by molar-refractivity contribution is 9.10. The third kappa shape index (κ3) is 2.10. The second-order valence-corrected chi connectivity index (χ2v) is 4.07. The number of nitrogens with zero attached hydrogens (tertiary/aromatic N) is 1. The molecule has 1 heterocycles. The van der Waals surface area contributed by atoms with E-state index in [0.29, 0.717) is 6.54 Å². The van der Waals surface area contributed by atoms with Crippen molar-refractivity contribution in [3.8, 4) is 17.0 Å². The predicted molar refractivity (Wildman–Crippen MR) is 66.2 cm³/mol. The summed E-state index contributed by atoms with van der Waals surface area (Å²) in [6, 6.07) is 7.72. The minimum absolute atomic E-state index is 0.398. The highest BCUT2D eigenvalue weighted by atomic mass is 79.9. The number of methoxy groups -OCH3 is 1. The Balaban J connectivity index is 2.38. The number of H-pyrrole nitrogens is 1. The van der Waals surface area contributed by atoms with Gasteiger partial charge < -0.3 is 15.5 Å². The maximum Gasteiger partial charge on any atom is 0.121 e. The largest absolute Gasteiger partial charge is 0.497 e. The Hall–Kier alpha value is -1.33. The number of hydrogen-bond acceptors (Lipinski definition) is 3. The van der Waals surface area contributed by atoms with Crippen molar-refractivity contribution >= 4 is 15.9 Å². The number of aromatic amines is 1. The van der Waals surface area contributed by atoms with Gasteiger partial charge in [0, 0.05) is 5.56 Å². The van der Waals surface area contributed by atoms with Gasteiger partial charge in [0.15, 0.2) is 0 Å². The van der Waals surface area contributed by atoms with Crippen LogP contribution in [0.25, 0.3) is 11.3 Å². The number of rotatable bonds is 3. The molecule has 0 bridgehead atoms. The molecule has 0 aliphatic heterocycles. The van der Waals surface area contributed by atoms with E-state index in [1.807, 2.05) is 24.3 Å². The predicted octanol–water partition coefficient (Wildman–Crippen LogP) is 2.31. The molecule has 0 unspecified atom stereocenters. The molecule has 0 atom stereocenters. The summed E-state index contributed by atoms with van der Waals surface area (Å²) in [4.78, 5) is 7.46. The van der Waals surface area contributed by atoms with Crippen molar-refractivity contribution in [2.75, 3.05) is 7.11 Å². The molecule has 0 fully saturated rings. The van der Waals surface area contributed by atoms with Crippen LogP contribution in [0.4, 0.5) is 0 Å². The Labute approximate surface area is 102 Å². The Kier molecular flexibility index (Phi) is 3.26. The van der Waals surface area contributed by atoms with Gasteiger partial charge >= 0.3 is 0 Å². The third-order valence-electron chi connectivity index (χ3n) is 2.27. The zero-order chi connectivity index (χ0) is 11.5. The smallest absolute Gasteiger partial charge is 0.121 e. The summed E-state index contributed by atoms with van der Waals surface area (Å²) >= 11 is 3.43. The second kappa shape index (κ2) is 4.67. The molecule has 0 amide bonds. The van der Waals surface area contributed by atoms with Gasteiger partial charge in [-0.1, -0.05) is 0 Å². The number of halogens is 1. The van der Waals surface area contributed by atoms with Crippen LogP contribution < -0.4 is 10.5 Å². The molecule has 16 heavy (non-hydrogen) atoms. The van der Waals surface area contributed by atoms with Crippen molar-refractivity contribution in [2.45, 2.75) is 6.54 Å². The molecule has 0 spiro atoms. The van der Waals surface area contributed by atoms with Crippen molar-refractivity contribution in [3.05, 3.63) is 34.7 Å². The monoisotopic (exact) mass is 281 g/mol. The number of nitrogens with one attached hydrogen (secondary N) is 1. The fourth-order valence-electron chi connectivity index (χ4n) is 1.43. The summed E-state index contributed by atoms with van der Waals surface area (Å²) in [7, 11) is 1.64. The molecule has 0 saturated heterocycles. The lowest BCUT2D eigenvalue weighted by Gasteiger charge is -2.01. The van der Waals surface area contributed by atoms with Crippen LogP contribution in [0.3, 0.4) is 0 Å². The van der Waals surface area contributed by atoms with Crippen molar-refractivity contribution < 1.29 is 4.74 Å². The van der Waals surface area contributed by atoms with E-state index >= 15 is 0 Å². The van der Waals surface area contributed by atoms with Crippen LogP contribution in [0.15, 0.2) is 28.9 Å². The second-order valence-electron chi connectivity index (χ2n) is 3.28. The first-order valence-corrected chi connectivity index (χ1v) is 5.62. The van der Waals surface area contributed by atoms with E-state index in [2.05, 4.69) is 25.9 Å². The number of hydrogen-bond donors (Lipinski definition) is 2. The molecule has 4 nitrogen and oxygen atoms in total. The quantitative estimate of drug-likeness (QED) is 0.908. The van der Waals surface area contributed by atoms with Gasteiger partial charge in [-0.05, 0) is 40.2 Å². The van der Waals surface area contributed by atoms with Crippen LogP contribution >= 0.6 is 15.9 Å². The molecule has 0 saturated carbocycles. The Morgan fingerprint density at radius 1 is 1.38 bits per heavy atom. The van der Waals surface area contributed by atoms with Gasteiger partial charge in [-0.3, -0.25) is 0 Å². The summed E-state index contributed by atoms with van der Waals surface area (Å²) < 4.78 is 5.95. The molecule has 3 N–H and O–H groups in total. The Bertz CT molecular complexity index is 478. The first-order valence-electron chi connectivity index (χ1n) is 4.83. The summed E-state index contributed by atoms with van der Waals surface area (Å²) in [6.07, 6.45) is 0. The van der Waals surface area contributed by atoms with E-state index in [4.69, 9.17) is 10.5 Å². The van der Waals surface area contributed by atoms with Gasteiger partial charge in [0.05, 0.1) is 13.7 Å². The highest BCUT2D eigenvalue weighted by Gasteiger charge is 2.09. The van der Waals surface area contributed by atoms with Crippen LogP contribution in [-0.4, -0.2) is 17.1 Å². The average Bonchev–Trinajstić information content (AvgIpc) is 2.71. The van der Waals surface area contributed by atoms with Crippen LogP contribution in [0.1, 0.15) is 5.82 Å². The van der Waals surface area contributed by atoms with Crippen LogP contribution in [0, 0.1) is 0 Å². The van der Waals surface area contributed by atoms with Crippen molar-refractivity contribution in [3.63, 3.8) is 0 Å². The fourth-order valence-corrected chi connectivity index (χ4v) is 1.98. The minimum Gasteiger partial charge on any atom is -0.497 e. The minimum atomic E-state index is 0.398. The summed E-state index contributed by atoms with van der Waals surface area (Å²) in [5, 5.41) is 0. The standard InChI is InChI=1S/C11H12BrN3O/c1-16-8-4-2-7(3-5-8)10-11(12)15-9(6-13)14-10/h2-5H,6,13H2,1H3,(H,14,15). The van der Waals surface area contributed by atoms with Crippen LogP contribution in [0.5, 0.6) is 5.75 Å². The average molecular weight is 282 g/mol. The molecule has 0 aliphatic rings. The SMILES string of the molecule is COc1ccc(-c2nc(CN)[nH]c2Br)cc1. The molecule has 0 radical (unpaired) electrons.